The molecule has 1 heterocycles. The molecule has 2 aromatic rings. The standard InChI is InChI=1S/C10H10N4O2S3/c1-6-12-10(18-13-6)14-19(15,16)8-4-2-7(3-5-8)9(11)17/h2-5H,1H3,(H2,11,17)(H,12,13,14). The highest BCUT2D eigenvalue weighted by molar-refractivity contribution is 7.93. The topological polar surface area (TPSA) is 98.0 Å². The number of hydrogen-bond acceptors (Lipinski definition) is 6. The Hall–Kier alpha value is -1.58. The molecule has 1 aromatic heterocycles. The molecule has 19 heavy (non-hydrogen) atoms. The molecule has 9 heteroatoms. The van der Waals surface area contributed by atoms with E-state index in [1.165, 1.54) is 12.1 Å². The maximum Gasteiger partial charge on any atom is 0.263 e. The Labute approximate surface area is 119 Å². The smallest absolute Gasteiger partial charge is 0.263 e. The molecule has 0 fully saturated rings. The van der Waals surface area contributed by atoms with Crippen LogP contribution in [0.2, 0.25) is 0 Å². The first kappa shape index (κ1) is 13.8. The second-order valence-electron chi connectivity index (χ2n) is 3.64. The molecule has 0 amide bonds. The third kappa shape index (κ3) is 3.25. The van der Waals surface area contributed by atoms with Crippen molar-refractivity contribution in [2.24, 2.45) is 5.73 Å². The lowest BCUT2D eigenvalue weighted by Crippen LogP contribution is -2.14. The summed E-state index contributed by atoms with van der Waals surface area (Å²) in [6.07, 6.45) is 0. The van der Waals surface area contributed by atoms with E-state index < -0.39 is 10.0 Å². The van der Waals surface area contributed by atoms with Crippen molar-refractivity contribution in [3.8, 4) is 0 Å². The second kappa shape index (κ2) is 5.19. The van der Waals surface area contributed by atoms with Crippen LogP contribution in [0.3, 0.4) is 0 Å². The predicted octanol–water partition coefficient (Wildman–Crippen LogP) is 1.28. The first-order valence-corrected chi connectivity index (χ1v) is 7.78. The Bertz CT molecular complexity index is 707. The van der Waals surface area contributed by atoms with Gasteiger partial charge in [0.1, 0.15) is 10.8 Å². The number of nitrogens with zero attached hydrogens (tertiary/aromatic N) is 2. The quantitative estimate of drug-likeness (QED) is 0.825. The zero-order valence-electron chi connectivity index (χ0n) is 9.82. The average molecular weight is 314 g/mol. The summed E-state index contributed by atoms with van der Waals surface area (Å²) in [5.74, 6) is 0.520. The number of nitrogens with one attached hydrogen (secondary N) is 1. The van der Waals surface area contributed by atoms with Gasteiger partial charge in [-0.25, -0.2) is 13.4 Å². The average Bonchev–Trinajstić information content (AvgIpc) is 2.74. The van der Waals surface area contributed by atoms with Gasteiger partial charge in [-0.05, 0) is 19.1 Å². The van der Waals surface area contributed by atoms with E-state index in [9.17, 15) is 8.42 Å². The minimum absolute atomic E-state index is 0.111. The maximum absolute atomic E-state index is 12.1. The minimum atomic E-state index is -3.67. The molecule has 0 saturated carbocycles. The summed E-state index contributed by atoms with van der Waals surface area (Å²) >= 11 is 5.79. The summed E-state index contributed by atoms with van der Waals surface area (Å²) in [5.41, 5.74) is 6.06. The van der Waals surface area contributed by atoms with Gasteiger partial charge >= 0.3 is 0 Å². The van der Waals surface area contributed by atoms with E-state index in [1.807, 2.05) is 0 Å². The van der Waals surface area contributed by atoms with E-state index in [2.05, 4.69) is 14.1 Å². The fraction of sp³-hybridized carbons (Fsp3) is 0.100. The van der Waals surface area contributed by atoms with Crippen molar-refractivity contribution in [3.05, 3.63) is 35.7 Å². The number of benzene rings is 1. The lowest BCUT2D eigenvalue weighted by molar-refractivity contribution is 0.601. The minimum Gasteiger partial charge on any atom is -0.389 e. The molecule has 100 valence electrons. The van der Waals surface area contributed by atoms with Gasteiger partial charge in [0.15, 0.2) is 0 Å². The van der Waals surface area contributed by atoms with Gasteiger partial charge in [0.05, 0.1) is 4.90 Å². The van der Waals surface area contributed by atoms with Crippen LogP contribution in [0.25, 0.3) is 0 Å². The van der Waals surface area contributed by atoms with Gasteiger partial charge in [-0.2, -0.15) is 4.37 Å². The van der Waals surface area contributed by atoms with E-state index in [4.69, 9.17) is 18.0 Å². The van der Waals surface area contributed by atoms with Crippen LogP contribution in [0, 0.1) is 6.92 Å². The van der Waals surface area contributed by atoms with Crippen LogP contribution >= 0.6 is 23.8 Å². The Balaban J connectivity index is 2.26. The Morgan fingerprint density at radius 3 is 2.47 bits per heavy atom. The van der Waals surface area contributed by atoms with Gasteiger partial charge in [-0.1, -0.05) is 24.4 Å². The van der Waals surface area contributed by atoms with Crippen LogP contribution in [0.15, 0.2) is 29.2 Å². The van der Waals surface area contributed by atoms with Crippen molar-refractivity contribution < 1.29 is 8.42 Å². The van der Waals surface area contributed by atoms with Crippen LogP contribution in [0.4, 0.5) is 5.13 Å². The molecule has 0 saturated heterocycles. The fourth-order valence-electron chi connectivity index (χ4n) is 1.31. The van der Waals surface area contributed by atoms with Crippen LogP contribution in [0.5, 0.6) is 0 Å². The number of nitrogens with two attached hydrogens (primary N) is 1. The van der Waals surface area contributed by atoms with E-state index in [0.29, 0.717) is 11.4 Å². The van der Waals surface area contributed by atoms with Gasteiger partial charge in [0.25, 0.3) is 10.0 Å². The summed E-state index contributed by atoms with van der Waals surface area (Å²) in [5, 5.41) is 0.232. The molecule has 0 radical (unpaired) electrons. The SMILES string of the molecule is Cc1nsc(NS(=O)(=O)c2ccc(C(N)=S)cc2)n1. The van der Waals surface area contributed by atoms with Crippen molar-refractivity contribution >= 4 is 43.9 Å². The Morgan fingerprint density at radius 1 is 1.37 bits per heavy atom. The van der Waals surface area contributed by atoms with E-state index in [-0.39, 0.29) is 15.0 Å². The summed E-state index contributed by atoms with van der Waals surface area (Å²) in [6, 6.07) is 5.99. The third-order valence-corrected chi connectivity index (χ3v) is 4.64. The monoisotopic (exact) mass is 314 g/mol. The van der Waals surface area contributed by atoms with Crippen molar-refractivity contribution in [1.29, 1.82) is 0 Å². The number of rotatable bonds is 4. The van der Waals surface area contributed by atoms with Crippen LogP contribution in [-0.2, 0) is 10.0 Å². The zero-order valence-corrected chi connectivity index (χ0v) is 12.3. The molecular weight excluding hydrogens is 304 g/mol. The third-order valence-electron chi connectivity index (χ3n) is 2.20. The molecule has 1 aromatic carbocycles. The van der Waals surface area contributed by atoms with Crippen LogP contribution in [-0.4, -0.2) is 22.8 Å². The molecule has 0 atom stereocenters. The molecule has 0 bridgehead atoms. The molecule has 3 N–H and O–H groups in total. The summed E-state index contributed by atoms with van der Waals surface area (Å²) < 4.78 is 30.4. The number of hydrogen-bond donors (Lipinski definition) is 2. The Morgan fingerprint density at radius 2 is 2.00 bits per heavy atom. The number of aromatic nitrogens is 2. The number of sulfonamides is 1. The van der Waals surface area contributed by atoms with Gasteiger partial charge in [-0.15, -0.1) is 0 Å². The predicted molar refractivity (Wildman–Crippen MR) is 77.8 cm³/mol. The largest absolute Gasteiger partial charge is 0.389 e. The summed E-state index contributed by atoms with van der Waals surface area (Å²) in [4.78, 5) is 4.27. The highest BCUT2D eigenvalue weighted by atomic mass is 32.2. The summed E-state index contributed by atoms with van der Waals surface area (Å²) in [6.45, 7) is 1.69. The van der Waals surface area contributed by atoms with E-state index in [0.717, 1.165) is 11.5 Å². The number of aryl methyl sites for hydroxylation is 1. The number of anilines is 1. The molecule has 0 aliphatic carbocycles. The molecule has 0 unspecified atom stereocenters. The molecule has 0 aliphatic heterocycles. The van der Waals surface area contributed by atoms with Gasteiger partial charge in [-0.3, -0.25) is 4.72 Å². The van der Waals surface area contributed by atoms with E-state index >= 15 is 0 Å². The molecule has 0 spiro atoms. The maximum atomic E-state index is 12.1. The molecular formula is C10H10N4O2S3. The van der Waals surface area contributed by atoms with Crippen LogP contribution < -0.4 is 10.5 Å². The molecule has 6 nitrogen and oxygen atoms in total. The second-order valence-corrected chi connectivity index (χ2v) is 6.51. The Kier molecular flexibility index (Phi) is 3.78. The highest BCUT2D eigenvalue weighted by Gasteiger charge is 2.16. The molecule has 2 rings (SSSR count). The molecule has 0 aliphatic rings. The normalized spacial score (nSPS) is 11.2. The zero-order chi connectivity index (χ0) is 14.0. The van der Waals surface area contributed by atoms with E-state index in [1.54, 1.807) is 19.1 Å². The van der Waals surface area contributed by atoms with Gasteiger partial charge in [0.2, 0.25) is 5.13 Å². The number of thiocarbonyl (C=S) groups is 1. The summed E-state index contributed by atoms with van der Waals surface area (Å²) in [7, 11) is -3.67. The van der Waals surface area contributed by atoms with Crippen molar-refractivity contribution in [2.75, 3.05) is 4.72 Å². The highest BCUT2D eigenvalue weighted by Crippen LogP contribution is 2.18. The van der Waals surface area contributed by atoms with Crippen molar-refractivity contribution in [2.45, 2.75) is 11.8 Å². The first-order valence-electron chi connectivity index (χ1n) is 5.11. The fourth-order valence-corrected chi connectivity index (χ4v) is 3.25. The van der Waals surface area contributed by atoms with Gasteiger partial charge in [0, 0.05) is 17.1 Å². The van der Waals surface area contributed by atoms with Crippen LogP contribution in [0.1, 0.15) is 11.4 Å². The van der Waals surface area contributed by atoms with Gasteiger partial charge < -0.3 is 5.73 Å². The first-order chi connectivity index (χ1) is 8.88. The lowest BCUT2D eigenvalue weighted by Gasteiger charge is -2.05. The lowest BCUT2D eigenvalue weighted by atomic mass is 10.2. The van der Waals surface area contributed by atoms with Crippen molar-refractivity contribution in [3.63, 3.8) is 0 Å². The van der Waals surface area contributed by atoms with Crippen molar-refractivity contribution in [1.82, 2.24) is 9.36 Å².